The maximum atomic E-state index is 12.5. The highest BCUT2D eigenvalue weighted by atomic mass is 16.5. The highest BCUT2D eigenvalue weighted by Gasteiger charge is 2.18. The van der Waals surface area contributed by atoms with Gasteiger partial charge in [-0.25, -0.2) is 9.59 Å². The second-order valence-electron chi connectivity index (χ2n) is 6.60. The van der Waals surface area contributed by atoms with Gasteiger partial charge in [-0.3, -0.25) is 0 Å². The number of rotatable bonds is 8. The molecule has 3 aromatic carbocycles. The molecule has 0 aliphatic carbocycles. The molecule has 0 atom stereocenters. The molecule has 2 N–H and O–H groups in total. The van der Waals surface area contributed by atoms with E-state index in [9.17, 15) is 9.59 Å². The van der Waals surface area contributed by atoms with E-state index in [1.54, 1.807) is 25.3 Å². The van der Waals surface area contributed by atoms with Crippen LogP contribution >= 0.6 is 0 Å². The molecule has 0 heterocycles. The average Bonchev–Trinajstić information content (AvgIpc) is 2.82. The Labute approximate surface area is 180 Å². The molecule has 31 heavy (non-hydrogen) atoms. The van der Waals surface area contributed by atoms with Crippen LogP contribution in [0.2, 0.25) is 0 Å². The smallest absolute Gasteiger partial charge is 0.340 e. The van der Waals surface area contributed by atoms with Gasteiger partial charge in [-0.1, -0.05) is 48.5 Å². The molecule has 3 rings (SSSR count). The van der Waals surface area contributed by atoms with Gasteiger partial charge in [0.25, 0.3) is 0 Å². The number of urea groups is 1. The van der Waals surface area contributed by atoms with Crippen molar-refractivity contribution in [3.05, 3.63) is 89.5 Å². The topological polar surface area (TPSA) is 85.9 Å². The van der Waals surface area contributed by atoms with Crippen molar-refractivity contribution in [2.24, 2.45) is 0 Å². The number of esters is 1. The minimum Gasteiger partial charge on any atom is -0.497 e. The molecular formula is C24H24N2O5. The van der Waals surface area contributed by atoms with Crippen LogP contribution in [-0.4, -0.2) is 26.2 Å². The molecule has 0 fully saturated rings. The quantitative estimate of drug-likeness (QED) is 0.528. The summed E-state index contributed by atoms with van der Waals surface area (Å²) in [4.78, 5) is 24.8. The number of methoxy groups -OCH3 is 2. The lowest BCUT2D eigenvalue weighted by Crippen LogP contribution is -2.29. The molecule has 7 heteroatoms. The number of hydrogen-bond acceptors (Lipinski definition) is 5. The van der Waals surface area contributed by atoms with Crippen LogP contribution in [0, 0.1) is 0 Å². The van der Waals surface area contributed by atoms with E-state index in [-0.39, 0.29) is 17.9 Å². The minimum absolute atomic E-state index is 0.202. The van der Waals surface area contributed by atoms with Crippen LogP contribution in [0.15, 0.2) is 72.8 Å². The molecule has 0 saturated carbocycles. The summed E-state index contributed by atoms with van der Waals surface area (Å²) < 4.78 is 15.9. The van der Waals surface area contributed by atoms with Crippen molar-refractivity contribution in [3.63, 3.8) is 0 Å². The molecule has 0 aromatic heterocycles. The molecule has 3 aromatic rings. The van der Waals surface area contributed by atoms with Crippen molar-refractivity contribution in [1.82, 2.24) is 5.32 Å². The van der Waals surface area contributed by atoms with Gasteiger partial charge in [0.15, 0.2) is 0 Å². The molecule has 0 saturated heterocycles. The van der Waals surface area contributed by atoms with E-state index in [2.05, 4.69) is 10.6 Å². The number of para-hydroxylation sites is 1. The number of amides is 2. The van der Waals surface area contributed by atoms with Gasteiger partial charge in [0.05, 0.1) is 25.5 Å². The predicted octanol–water partition coefficient (Wildman–Crippen LogP) is 4.38. The first-order valence-corrected chi connectivity index (χ1v) is 9.66. The van der Waals surface area contributed by atoms with E-state index >= 15 is 0 Å². The maximum Gasteiger partial charge on any atom is 0.340 e. The van der Waals surface area contributed by atoms with Gasteiger partial charge in [-0.15, -0.1) is 0 Å². The zero-order valence-corrected chi connectivity index (χ0v) is 17.4. The van der Waals surface area contributed by atoms with Gasteiger partial charge >= 0.3 is 12.0 Å². The highest BCUT2D eigenvalue weighted by Crippen LogP contribution is 2.30. The van der Waals surface area contributed by atoms with Crippen LogP contribution in [-0.2, 0) is 17.9 Å². The zero-order chi connectivity index (χ0) is 22.1. The van der Waals surface area contributed by atoms with E-state index in [1.807, 2.05) is 54.6 Å². The monoisotopic (exact) mass is 420 g/mol. The summed E-state index contributed by atoms with van der Waals surface area (Å²) in [5, 5.41) is 5.49. The van der Waals surface area contributed by atoms with Crippen molar-refractivity contribution < 1.29 is 23.8 Å². The highest BCUT2D eigenvalue weighted by molar-refractivity contribution is 6.02. The standard InChI is InChI=1S/C24H24N2O5/c1-29-19-13-11-17(12-14-19)15-25-24(28)26-22-20(23(27)30-2)9-6-10-21(22)31-16-18-7-4-3-5-8-18/h3-14H,15-16H2,1-2H3,(H2,25,26,28). The molecular weight excluding hydrogens is 396 g/mol. The van der Waals surface area contributed by atoms with Crippen LogP contribution in [0.3, 0.4) is 0 Å². The first-order valence-electron chi connectivity index (χ1n) is 9.66. The molecule has 0 bridgehead atoms. The van der Waals surface area contributed by atoms with E-state index in [0.29, 0.717) is 12.3 Å². The Bertz CT molecular complexity index is 1020. The number of carbonyl (C=O) groups excluding carboxylic acids is 2. The van der Waals surface area contributed by atoms with Crippen molar-refractivity contribution in [3.8, 4) is 11.5 Å². The van der Waals surface area contributed by atoms with Crippen molar-refractivity contribution >= 4 is 17.7 Å². The van der Waals surface area contributed by atoms with Gasteiger partial charge < -0.3 is 24.8 Å². The Hall–Kier alpha value is -4.00. The third-order valence-electron chi connectivity index (χ3n) is 4.52. The number of nitrogens with one attached hydrogen (secondary N) is 2. The largest absolute Gasteiger partial charge is 0.497 e. The number of carbonyl (C=O) groups is 2. The fourth-order valence-electron chi connectivity index (χ4n) is 2.88. The normalized spacial score (nSPS) is 10.1. The average molecular weight is 420 g/mol. The molecule has 2 amide bonds. The van der Waals surface area contributed by atoms with E-state index in [0.717, 1.165) is 16.9 Å². The fourth-order valence-corrected chi connectivity index (χ4v) is 2.88. The Morgan fingerprint density at radius 1 is 0.839 bits per heavy atom. The van der Waals surface area contributed by atoms with Crippen molar-refractivity contribution in [2.75, 3.05) is 19.5 Å². The Kier molecular flexibility index (Phi) is 7.48. The lowest BCUT2D eigenvalue weighted by molar-refractivity contribution is 0.0601. The summed E-state index contributed by atoms with van der Waals surface area (Å²) >= 11 is 0. The van der Waals surface area contributed by atoms with Crippen molar-refractivity contribution in [1.29, 1.82) is 0 Å². The first-order chi connectivity index (χ1) is 15.1. The number of hydrogen-bond donors (Lipinski definition) is 2. The van der Waals surface area contributed by atoms with Crippen LogP contribution in [0.4, 0.5) is 10.5 Å². The van der Waals surface area contributed by atoms with Crippen LogP contribution in [0.25, 0.3) is 0 Å². The summed E-state index contributed by atoms with van der Waals surface area (Å²) in [6.07, 6.45) is 0. The molecule has 7 nitrogen and oxygen atoms in total. The number of anilines is 1. The summed E-state index contributed by atoms with van der Waals surface area (Å²) in [6, 6.07) is 21.4. The van der Waals surface area contributed by atoms with E-state index in [1.165, 1.54) is 7.11 Å². The molecule has 0 aliphatic rings. The lowest BCUT2D eigenvalue weighted by atomic mass is 10.1. The summed E-state index contributed by atoms with van der Waals surface area (Å²) in [5.74, 6) is 0.530. The zero-order valence-electron chi connectivity index (χ0n) is 17.4. The van der Waals surface area contributed by atoms with Gasteiger partial charge in [0, 0.05) is 6.54 Å². The molecule has 0 radical (unpaired) electrons. The maximum absolute atomic E-state index is 12.5. The van der Waals surface area contributed by atoms with Crippen LogP contribution in [0.1, 0.15) is 21.5 Å². The minimum atomic E-state index is -0.574. The number of ether oxygens (including phenoxy) is 3. The lowest BCUT2D eigenvalue weighted by Gasteiger charge is -2.16. The van der Waals surface area contributed by atoms with Crippen LogP contribution in [0.5, 0.6) is 11.5 Å². The molecule has 0 unspecified atom stereocenters. The Balaban J connectivity index is 1.73. The fraction of sp³-hybridized carbons (Fsp3) is 0.167. The van der Waals surface area contributed by atoms with Gasteiger partial charge in [-0.2, -0.15) is 0 Å². The SMILES string of the molecule is COC(=O)c1cccc(OCc2ccccc2)c1NC(=O)NCc1ccc(OC)cc1. The second kappa shape index (κ2) is 10.7. The van der Waals surface area contributed by atoms with Gasteiger partial charge in [0.2, 0.25) is 0 Å². The second-order valence-corrected chi connectivity index (χ2v) is 6.60. The van der Waals surface area contributed by atoms with Crippen LogP contribution < -0.4 is 20.1 Å². The number of benzene rings is 3. The van der Waals surface area contributed by atoms with E-state index in [4.69, 9.17) is 14.2 Å². The van der Waals surface area contributed by atoms with Gasteiger partial charge in [-0.05, 0) is 35.4 Å². The van der Waals surface area contributed by atoms with Crippen molar-refractivity contribution in [2.45, 2.75) is 13.2 Å². The Morgan fingerprint density at radius 3 is 2.26 bits per heavy atom. The summed E-state index contributed by atoms with van der Waals surface area (Å²) in [7, 11) is 2.88. The molecule has 0 spiro atoms. The predicted molar refractivity (Wildman–Crippen MR) is 117 cm³/mol. The molecule has 0 aliphatic heterocycles. The van der Waals surface area contributed by atoms with Gasteiger partial charge in [0.1, 0.15) is 18.1 Å². The third kappa shape index (κ3) is 5.99. The summed E-state index contributed by atoms with van der Waals surface area (Å²) in [6.45, 7) is 0.587. The van der Waals surface area contributed by atoms with E-state index < -0.39 is 12.0 Å². The molecule has 160 valence electrons. The third-order valence-corrected chi connectivity index (χ3v) is 4.52. The summed E-state index contributed by atoms with van der Waals surface area (Å²) in [5.41, 5.74) is 2.31. The Morgan fingerprint density at radius 2 is 1.58 bits per heavy atom. The first kappa shape index (κ1) is 21.7.